The number of benzene rings is 1. The Morgan fingerprint density at radius 1 is 0.833 bits per heavy atom. The van der Waals surface area contributed by atoms with Crippen LogP contribution in [0.25, 0.3) is 0 Å². The number of aryl methyl sites for hydroxylation is 1. The van der Waals surface area contributed by atoms with Gasteiger partial charge in [0.05, 0.1) is 0 Å². The molecule has 0 atom stereocenters. The molecule has 0 aliphatic heterocycles. The zero-order valence-corrected chi connectivity index (χ0v) is 18.0. The standard InChI is InChI=1S/C26H35F3O/c1-2-5-20-8-14-23(15-9-20)24-16-10-21(11-17-24)6-3-4-7-22-12-18-25(19-13-22)30-26(27,28)29/h2-3,5-6,12-13,18-21,23-24H,4,7-11,14-17H2,1H3. The topological polar surface area (TPSA) is 9.23 Å². The molecule has 0 unspecified atom stereocenters. The Morgan fingerprint density at radius 2 is 1.37 bits per heavy atom. The molecule has 1 aromatic rings. The Morgan fingerprint density at radius 3 is 1.87 bits per heavy atom. The van der Waals surface area contributed by atoms with E-state index in [-0.39, 0.29) is 5.75 Å². The summed E-state index contributed by atoms with van der Waals surface area (Å²) >= 11 is 0. The summed E-state index contributed by atoms with van der Waals surface area (Å²) in [4.78, 5) is 0. The van der Waals surface area contributed by atoms with Crippen LogP contribution in [0.3, 0.4) is 0 Å². The molecule has 30 heavy (non-hydrogen) atoms. The largest absolute Gasteiger partial charge is 0.573 e. The van der Waals surface area contributed by atoms with Crippen molar-refractivity contribution in [1.82, 2.24) is 0 Å². The maximum absolute atomic E-state index is 12.2. The van der Waals surface area contributed by atoms with Gasteiger partial charge in [-0.25, -0.2) is 0 Å². The van der Waals surface area contributed by atoms with E-state index in [1.807, 2.05) is 0 Å². The van der Waals surface area contributed by atoms with Crippen molar-refractivity contribution >= 4 is 0 Å². The zero-order chi connectivity index (χ0) is 21.4. The van der Waals surface area contributed by atoms with Crippen molar-refractivity contribution in [3.8, 4) is 5.75 Å². The number of alkyl halides is 3. The normalized spacial score (nSPS) is 28.3. The number of hydrogen-bond donors (Lipinski definition) is 0. The highest BCUT2D eigenvalue weighted by Gasteiger charge is 2.31. The van der Waals surface area contributed by atoms with Crippen molar-refractivity contribution in [3.05, 3.63) is 54.1 Å². The average molecular weight is 421 g/mol. The van der Waals surface area contributed by atoms with Crippen molar-refractivity contribution in [1.29, 1.82) is 0 Å². The molecule has 1 nitrogen and oxygen atoms in total. The predicted molar refractivity (Wildman–Crippen MR) is 116 cm³/mol. The monoisotopic (exact) mass is 420 g/mol. The summed E-state index contributed by atoms with van der Waals surface area (Å²) in [5.41, 5.74) is 1.03. The van der Waals surface area contributed by atoms with E-state index in [1.54, 1.807) is 12.1 Å². The van der Waals surface area contributed by atoms with Crippen molar-refractivity contribution in [3.63, 3.8) is 0 Å². The Balaban J connectivity index is 1.33. The van der Waals surface area contributed by atoms with E-state index >= 15 is 0 Å². The summed E-state index contributed by atoms with van der Waals surface area (Å²) in [5.74, 6) is 3.23. The number of rotatable bonds is 7. The summed E-state index contributed by atoms with van der Waals surface area (Å²) in [6.07, 6.45) is 17.3. The number of ether oxygens (including phenoxy) is 1. The van der Waals surface area contributed by atoms with E-state index in [4.69, 9.17) is 0 Å². The third-order valence-electron chi connectivity index (χ3n) is 6.93. The van der Waals surface area contributed by atoms with Gasteiger partial charge in [-0.1, -0.05) is 36.4 Å². The van der Waals surface area contributed by atoms with Gasteiger partial charge in [0.25, 0.3) is 0 Å². The van der Waals surface area contributed by atoms with Crippen LogP contribution < -0.4 is 4.74 Å². The van der Waals surface area contributed by atoms with Crippen LogP contribution in [0.4, 0.5) is 13.2 Å². The Hall–Kier alpha value is -1.71. The fourth-order valence-corrected chi connectivity index (χ4v) is 5.29. The van der Waals surface area contributed by atoms with Gasteiger partial charge in [0.15, 0.2) is 0 Å². The lowest BCUT2D eigenvalue weighted by atomic mass is 9.69. The van der Waals surface area contributed by atoms with Gasteiger partial charge in [0.2, 0.25) is 0 Å². The minimum Gasteiger partial charge on any atom is -0.406 e. The van der Waals surface area contributed by atoms with E-state index in [2.05, 4.69) is 36.0 Å². The SMILES string of the molecule is CC=CC1CCC(C2CCC(C=CCCc3ccc(OC(F)(F)F)cc3)CC2)CC1. The van der Waals surface area contributed by atoms with Crippen molar-refractivity contribution in [2.45, 2.75) is 77.5 Å². The van der Waals surface area contributed by atoms with Crippen LogP contribution in [0.2, 0.25) is 0 Å². The maximum Gasteiger partial charge on any atom is 0.573 e. The number of halogens is 3. The second kappa shape index (κ2) is 11.1. The van der Waals surface area contributed by atoms with Crippen LogP contribution in [0.1, 0.15) is 70.3 Å². The second-order valence-electron chi connectivity index (χ2n) is 9.03. The predicted octanol–water partition coefficient (Wildman–Crippen LogP) is 8.26. The van der Waals surface area contributed by atoms with E-state index < -0.39 is 6.36 Å². The van der Waals surface area contributed by atoms with Crippen LogP contribution in [0.5, 0.6) is 5.75 Å². The Bertz CT molecular complexity index is 673. The van der Waals surface area contributed by atoms with Gasteiger partial charge in [-0.3, -0.25) is 0 Å². The summed E-state index contributed by atoms with van der Waals surface area (Å²) in [6.45, 7) is 2.13. The zero-order valence-electron chi connectivity index (χ0n) is 18.0. The van der Waals surface area contributed by atoms with Gasteiger partial charge < -0.3 is 4.74 Å². The first kappa shape index (κ1) is 23.0. The number of allylic oxidation sites excluding steroid dienone is 4. The minimum absolute atomic E-state index is 0.158. The van der Waals surface area contributed by atoms with Gasteiger partial charge in [-0.2, -0.15) is 0 Å². The lowest BCUT2D eigenvalue weighted by Crippen LogP contribution is -2.25. The van der Waals surface area contributed by atoms with Gasteiger partial charge in [0, 0.05) is 0 Å². The lowest BCUT2D eigenvalue weighted by molar-refractivity contribution is -0.274. The summed E-state index contributed by atoms with van der Waals surface area (Å²) < 4.78 is 40.5. The molecule has 0 radical (unpaired) electrons. The molecule has 2 aliphatic rings. The smallest absolute Gasteiger partial charge is 0.406 e. The molecule has 0 saturated heterocycles. The molecule has 2 aliphatic carbocycles. The van der Waals surface area contributed by atoms with Crippen LogP contribution in [-0.4, -0.2) is 6.36 Å². The fraction of sp³-hybridized carbons (Fsp3) is 0.615. The van der Waals surface area contributed by atoms with Crippen molar-refractivity contribution in [2.75, 3.05) is 0 Å². The third kappa shape index (κ3) is 7.52. The van der Waals surface area contributed by atoms with E-state index in [0.717, 1.165) is 36.2 Å². The highest BCUT2D eigenvalue weighted by Crippen LogP contribution is 2.41. The third-order valence-corrected chi connectivity index (χ3v) is 6.93. The quantitative estimate of drug-likeness (QED) is 0.403. The van der Waals surface area contributed by atoms with Crippen LogP contribution in [-0.2, 0) is 6.42 Å². The first-order chi connectivity index (χ1) is 14.4. The van der Waals surface area contributed by atoms with Gasteiger partial charge in [-0.05, 0) is 112 Å². The van der Waals surface area contributed by atoms with E-state index in [0.29, 0.717) is 5.92 Å². The second-order valence-corrected chi connectivity index (χ2v) is 9.03. The molecular formula is C26H35F3O. The number of hydrogen-bond acceptors (Lipinski definition) is 1. The minimum atomic E-state index is -4.63. The first-order valence-corrected chi connectivity index (χ1v) is 11.6. The van der Waals surface area contributed by atoms with Crippen LogP contribution >= 0.6 is 0 Å². The molecule has 0 amide bonds. The van der Waals surface area contributed by atoms with Gasteiger partial charge in [0.1, 0.15) is 5.75 Å². The van der Waals surface area contributed by atoms with Crippen LogP contribution in [0.15, 0.2) is 48.6 Å². The molecular weight excluding hydrogens is 385 g/mol. The Labute approximate surface area is 179 Å². The summed E-state index contributed by atoms with van der Waals surface area (Å²) in [5, 5.41) is 0. The molecule has 1 aromatic carbocycles. The van der Waals surface area contributed by atoms with Crippen LogP contribution in [0, 0.1) is 23.7 Å². The van der Waals surface area contributed by atoms with Crippen molar-refractivity contribution < 1.29 is 17.9 Å². The molecule has 0 spiro atoms. The molecule has 4 heteroatoms. The van der Waals surface area contributed by atoms with E-state index in [1.165, 1.54) is 63.5 Å². The molecule has 0 bridgehead atoms. The highest BCUT2D eigenvalue weighted by molar-refractivity contribution is 5.27. The molecule has 0 aromatic heterocycles. The molecule has 0 heterocycles. The molecule has 2 saturated carbocycles. The summed E-state index contributed by atoms with van der Waals surface area (Å²) in [6, 6.07) is 6.20. The van der Waals surface area contributed by atoms with E-state index in [9.17, 15) is 13.2 Å². The summed E-state index contributed by atoms with van der Waals surface area (Å²) in [7, 11) is 0. The molecule has 0 N–H and O–H groups in total. The van der Waals surface area contributed by atoms with Gasteiger partial charge in [-0.15, -0.1) is 13.2 Å². The van der Waals surface area contributed by atoms with Gasteiger partial charge >= 0.3 is 6.36 Å². The highest BCUT2D eigenvalue weighted by atomic mass is 19.4. The maximum atomic E-state index is 12.2. The molecule has 166 valence electrons. The van der Waals surface area contributed by atoms with Crippen molar-refractivity contribution in [2.24, 2.45) is 23.7 Å². The molecule has 3 rings (SSSR count). The molecule has 2 fully saturated rings. The lowest BCUT2D eigenvalue weighted by Gasteiger charge is -2.36. The fourth-order valence-electron chi connectivity index (χ4n) is 5.29. The first-order valence-electron chi connectivity index (χ1n) is 11.6. The average Bonchev–Trinajstić information content (AvgIpc) is 2.73. The Kier molecular flexibility index (Phi) is 8.47.